The van der Waals surface area contributed by atoms with Gasteiger partial charge in [0, 0.05) is 11.7 Å². The summed E-state index contributed by atoms with van der Waals surface area (Å²) in [6.07, 6.45) is 0.914. The van der Waals surface area contributed by atoms with Crippen molar-refractivity contribution in [3.63, 3.8) is 0 Å². The largest absolute Gasteiger partial charge is 0.486 e. The molecule has 0 saturated carbocycles. The Morgan fingerprint density at radius 3 is 2.64 bits per heavy atom. The van der Waals surface area contributed by atoms with Crippen molar-refractivity contribution in [3.05, 3.63) is 102 Å². The summed E-state index contributed by atoms with van der Waals surface area (Å²) in [5.74, 6) is 0.667. The van der Waals surface area contributed by atoms with Gasteiger partial charge < -0.3 is 15.0 Å². The molecule has 1 heterocycles. The molecule has 0 spiro atoms. The Morgan fingerprint density at radius 1 is 0.970 bits per heavy atom. The second-order valence-corrected chi connectivity index (χ2v) is 8.78. The van der Waals surface area contributed by atoms with Crippen LogP contribution in [0.5, 0.6) is 5.75 Å². The second-order valence-electron chi connectivity index (χ2n) is 8.78. The first-order chi connectivity index (χ1) is 16.1. The molecular formula is C29H29FN2O. The van der Waals surface area contributed by atoms with Crippen molar-refractivity contribution in [1.82, 2.24) is 5.32 Å². The van der Waals surface area contributed by atoms with E-state index in [1.807, 2.05) is 31.2 Å². The molecule has 33 heavy (non-hydrogen) atoms. The number of halogens is 1. The molecule has 0 aliphatic carbocycles. The van der Waals surface area contributed by atoms with Crippen molar-refractivity contribution < 1.29 is 9.13 Å². The van der Waals surface area contributed by atoms with Gasteiger partial charge in [0.2, 0.25) is 0 Å². The van der Waals surface area contributed by atoms with Gasteiger partial charge in [0.05, 0.1) is 12.2 Å². The lowest BCUT2D eigenvalue weighted by molar-refractivity contribution is 0.186. The van der Waals surface area contributed by atoms with Gasteiger partial charge in [-0.3, -0.25) is 0 Å². The molecule has 1 unspecified atom stereocenters. The van der Waals surface area contributed by atoms with Crippen LogP contribution < -0.4 is 15.0 Å². The second kappa shape index (κ2) is 9.24. The summed E-state index contributed by atoms with van der Waals surface area (Å²) in [4.78, 5) is 2.26. The lowest BCUT2D eigenvalue weighted by Gasteiger charge is -2.37. The molecule has 168 valence electrons. The van der Waals surface area contributed by atoms with Crippen LogP contribution in [-0.2, 0) is 0 Å². The fourth-order valence-electron chi connectivity index (χ4n) is 4.80. The third-order valence-electron chi connectivity index (χ3n) is 6.49. The number of aryl methyl sites for hydroxylation is 1. The Labute approximate surface area is 194 Å². The number of nitrogens with one attached hydrogen (secondary N) is 1. The normalized spacial score (nSPS) is 16.3. The molecule has 0 saturated heterocycles. The van der Waals surface area contributed by atoms with Gasteiger partial charge in [0.1, 0.15) is 17.7 Å². The Morgan fingerprint density at radius 2 is 1.76 bits per heavy atom. The van der Waals surface area contributed by atoms with Crippen LogP contribution in [0, 0.1) is 12.7 Å². The van der Waals surface area contributed by atoms with Crippen LogP contribution in [0.3, 0.4) is 0 Å². The van der Waals surface area contributed by atoms with Crippen molar-refractivity contribution in [2.75, 3.05) is 18.0 Å². The maximum absolute atomic E-state index is 13.7. The van der Waals surface area contributed by atoms with Gasteiger partial charge in [-0.15, -0.1) is 0 Å². The lowest BCUT2D eigenvalue weighted by atomic mass is 9.99. The minimum atomic E-state index is -0.207. The molecule has 0 bridgehead atoms. The van der Waals surface area contributed by atoms with Crippen LogP contribution in [-0.4, -0.2) is 19.2 Å². The predicted octanol–water partition coefficient (Wildman–Crippen LogP) is 6.93. The van der Waals surface area contributed by atoms with Crippen molar-refractivity contribution in [1.29, 1.82) is 0 Å². The van der Waals surface area contributed by atoms with E-state index in [1.54, 1.807) is 6.07 Å². The van der Waals surface area contributed by atoms with E-state index < -0.39 is 0 Å². The number of rotatable bonds is 6. The van der Waals surface area contributed by atoms with Crippen molar-refractivity contribution in [3.8, 4) is 5.75 Å². The molecule has 0 fully saturated rings. The first-order valence-electron chi connectivity index (χ1n) is 11.6. The van der Waals surface area contributed by atoms with E-state index in [0.29, 0.717) is 0 Å². The van der Waals surface area contributed by atoms with Gasteiger partial charge in [0.25, 0.3) is 0 Å². The topological polar surface area (TPSA) is 24.5 Å². The van der Waals surface area contributed by atoms with Gasteiger partial charge >= 0.3 is 0 Å². The summed E-state index contributed by atoms with van der Waals surface area (Å²) in [5, 5.41) is 6.25. The van der Waals surface area contributed by atoms with E-state index in [0.717, 1.165) is 42.2 Å². The number of fused-ring (bicyclic) bond motifs is 2. The molecule has 1 N–H and O–H groups in total. The molecule has 1 aliphatic heterocycles. The predicted molar refractivity (Wildman–Crippen MR) is 134 cm³/mol. The summed E-state index contributed by atoms with van der Waals surface area (Å²) in [7, 11) is 0. The maximum atomic E-state index is 13.7. The molecule has 4 heteroatoms. The van der Waals surface area contributed by atoms with E-state index >= 15 is 0 Å². The highest BCUT2D eigenvalue weighted by molar-refractivity contribution is 5.86. The average molecular weight is 441 g/mol. The van der Waals surface area contributed by atoms with Crippen LogP contribution in [0.1, 0.15) is 30.5 Å². The third-order valence-corrected chi connectivity index (χ3v) is 6.49. The molecule has 5 rings (SSSR count). The highest BCUT2D eigenvalue weighted by Crippen LogP contribution is 2.39. The molecule has 2 atom stereocenters. The van der Waals surface area contributed by atoms with Crippen LogP contribution in [0.15, 0.2) is 84.9 Å². The molecular weight excluding hydrogens is 411 g/mol. The van der Waals surface area contributed by atoms with Gasteiger partial charge in [-0.1, -0.05) is 54.6 Å². The lowest BCUT2D eigenvalue weighted by Crippen LogP contribution is -2.39. The zero-order valence-electron chi connectivity index (χ0n) is 19.1. The SMILES string of the molecule is Cc1cc(F)ccc1N1CC(CCN[C@H](C)c2cccc3ccccc23)Oc2ccccc21. The van der Waals surface area contributed by atoms with Crippen LogP contribution in [0.25, 0.3) is 10.8 Å². The standard InChI is InChI=1S/C29H29FN2O/c1-20-18-23(30)14-15-27(20)32-19-24(33-29-13-6-5-12-28(29)32)16-17-31-21(2)25-11-7-9-22-8-3-4-10-26(22)25/h3-15,18,21,24,31H,16-17,19H2,1-2H3/t21-,24?/m1/s1. The highest BCUT2D eigenvalue weighted by Gasteiger charge is 2.27. The van der Waals surface area contributed by atoms with Gasteiger partial charge in [-0.2, -0.15) is 0 Å². The number of benzene rings is 4. The minimum Gasteiger partial charge on any atom is -0.486 e. The average Bonchev–Trinajstić information content (AvgIpc) is 2.83. The molecule has 4 aromatic carbocycles. The van der Waals surface area contributed by atoms with E-state index in [4.69, 9.17) is 4.74 Å². The van der Waals surface area contributed by atoms with Crippen molar-refractivity contribution >= 4 is 22.1 Å². The highest BCUT2D eigenvalue weighted by atomic mass is 19.1. The summed E-state index contributed by atoms with van der Waals surface area (Å²) in [5.41, 5.74) is 4.29. The minimum absolute atomic E-state index is 0.0385. The number of anilines is 2. The zero-order chi connectivity index (χ0) is 22.8. The van der Waals surface area contributed by atoms with E-state index in [9.17, 15) is 4.39 Å². The summed E-state index contributed by atoms with van der Waals surface area (Å²) in [6.45, 7) is 5.74. The van der Waals surface area contributed by atoms with Gasteiger partial charge in [0.15, 0.2) is 0 Å². The van der Waals surface area contributed by atoms with Crippen molar-refractivity contribution in [2.24, 2.45) is 0 Å². The van der Waals surface area contributed by atoms with E-state index in [2.05, 4.69) is 65.7 Å². The molecule has 0 radical (unpaired) electrons. The third kappa shape index (κ3) is 4.44. The van der Waals surface area contributed by atoms with E-state index in [-0.39, 0.29) is 18.0 Å². The molecule has 4 aromatic rings. The number of ether oxygens (including phenoxy) is 1. The summed E-state index contributed by atoms with van der Waals surface area (Å²) >= 11 is 0. The number of hydrogen-bond donors (Lipinski definition) is 1. The first kappa shape index (κ1) is 21.5. The summed E-state index contributed by atoms with van der Waals surface area (Å²) < 4.78 is 20.1. The maximum Gasteiger partial charge on any atom is 0.143 e. The monoisotopic (exact) mass is 440 g/mol. The Balaban J connectivity index is 1.30. The Bertz CT molecular complexity index is 1270. The Kier molecular flexibility index (Phi) is 6.01. The van der Waals surface area contributed by atoms with Gasteiger partial charge in [-0.25, -0.2) is 4.39 Å². The quantitative estimate of drug-likeness (QED) is 0.352. The van der Waals surface area contributed by atoms with E-state index in [1.165, 1.54) is 22.4 Å². The fraction of sp³-hybridized carbons (Fsp3) is 0.241. The number of nitrogens with zero attached hydrogens (tertiary/aromatic N) is 1. The first-order valence-corrected chi connectivity index (χ1v) is 11.6. The number of para-hydroxylation sites is 2. The smallest absolute Gasteiger partial charge is 0.143 e. The number of hydrogen-bond acceptors (Lipinski definition) is 3. The molecule has 0 aromatic heterocycles. The zero-order valence-corrected chi connectivity index (χ0v) is 19.1. The molecule has 1 aliphatic rings. The fourth-order valence-corrected chi connectivity index (χ4v) is 4.80. The van der Waals surface area contributed by atoms with Gasteiger partial charge in [-0.05, 0) is 79.0 Å². The molecule has 3 nitrogen and oxygen atoms in total. The Hall–Kier alpha value is -3.37. The van der Waals surface area contributed by atoms with Crippen LogP contribution in [0.2, 0.25) is 0 Å². The van der Waals surface area contributed by atoms with Crippen molar-refractivity contribution in [2.45, 2.75) is 32.4 Å². The van der Waals surface area contributed by atoms with Crippen LogP contribution >= 0.6 is 0 Å². The summed E-state index contributed by atoms with van der Waals surface area (Å²) in [6, 6.07) is 28.3. The van der Waals surface area contributed by atoms with Crippen LogP contribution in [0.4, 0.5) is 15.8 Å². The molecule has 0 amide bonds.